The predicted octanol–water partition coefficient (Wildman–Crippen LogP) is 4.55. The standard InChI is InChI=1S/C13H22O2.C5H12/c1-12(2)10-4-3-9-5-6-11(14)8-13(9,7-10)15-12;1-4-5(2)3/h9-11,14H,3-8H2,1-2H3;5H,4H2,1-3H3. The Hall–Kier alpha value is -0.0800. The largest absolute Gasteiger partial charge is 0.393 e. The van der Waals surface area contributed by atoms with Crippen LogP contribution in [0.15, 0.2) is 0 Å². The van der Waals surface area contributed by atoms with Gasteiger partial charge in [-0.05, 0) is 63.7 Å². The van der Waals surface area contributed by atoms with Gasteiger partial charge in [0.25, 0.3) is 0 Å². The number of aliphatic hydroxyl groups is 1. The van der Waals surface area contributed by atoms with Gasteiger partial charge in [-0.1, -0.05) is 27.2 Å². The van der Waals surface area contributed by atoms with E-state index in [1.54, 1.807) is 0 Å². The summed E-state index contributed by atoms with van der Waals surface area (Å²) in [6, 6.07) is 0. The minimum Gasteiger partial charge on any atom is -0.393 e. The van der Waals surface area contributed by atoms with Gasteiger partial charge in [0.2, 0.25) is 0 Å². The van der Waals surface area contributed by atoms with Gasteiger partial charge in [0.15, 0.2) is 0 Å². The molecule has 3 aliphatic rings. The van der Waals surface area contributed by atoms with Gasteiger partial charge in [-0.2, -0.15) is 0 Å². The summed E-state index contributed by atoms with van der Waals surface area (Å²) >= 11 is 0. The van der Waals surface area contributed by atoms with Crippen LogP contribution in [0.5, 0.6) is 0 Å². The van der Waals surface area contributed by atoms with Crippen LogP contribution in [-0.4, -0.2) is 22.4 Å². The van der Waals surface area contributed by atoms with Gasteiger partial charge in [0.05, 0.1) is 17.3 Å². The summed E-state index contributed by atoms with van der Waals surface area (Å²) in [5, 5.41) is 9.85. The van der Waals surface area contributed by atoms with E-state index in [9.17, 15) is 5.11 Å². The van der Waals surface area contributed by atoms with Crippen LogP contribution < -0.4 is 0 Å². The third-order valence-corrected chi connectivity index (χ3v) is 5.90. The molecule has 2 aliphatic carbocycles. The quantitative estimate of drug-likeness (QED) is 0.764. The molecular weight excluding hydrogens is 248 g/mol. The zero-order valence-electron chi connectivity index (χ0n) is 14.1. The van der Waals surface area contributed by atoms with E-state index in [2.05, 4.69) is 34.6 Å². The molecule has 1 heterocycles. The molecule has 4 unspecified atom stereocenters. The molecule has 2 saturated carbocycles. The van der Waals surface area contributed by atoms with Crippen molar-refractivity contribution in [2.45, 2.75) is 96.9 Å². The minimum atomic E-state index is -0.117. The first-order valence-electron chi connectivity index (χ1n) is 8.67. The first kappa shape index (κ1) is 16.3. The third kappa shape index (κ3) is 3.22. The van der Waals surface area contributed by atoms with E-state index in [0.29, 0.717) is 0 Å². The summed E-state index contributed by atoms with van der Waals surface area (Å²) in [5.41, 5.74) is 0.0931. The Morgan fingerprint density at radius 2 is 1.60 bits per heavy atom. The summed E-state index contributed by atoms with van der Waals surface area (Å²) < 4.78 is 6.37. The Kier molecular flexibility index (Phi) is 4.86. The maximum Gasteiger partial charge on any atom is 0.0746 e. The Morgan fingerprint density at radius 3 is 2.20 bits per heavy atom. The van der Waals surface area contributed by atoms with Crippen LogP contribution in [0.2, 0.25) is 0 Å². The van der Waals surface area contributed by atoms with Gasteiger partial charge in [-0.3, -0.25) is 0 Å². The second kappa shape index (κ2) is 5.96. The molecule has 4 atom stereocenters. The van der Waals surface area contributed by atoms with Crippen molar-refractivity contribution in [2.24, 2.45) is 17.8 Å². The molecule has 1 aliphatic heterocycles. The van der Waals surface area contributed by atoms with E-state index in [1.165, 1.54) is 32.1 Å². The van der Waals surface area contributed by atoms with Gasteiger partial charge >= 0.3 is 0 Å². The third-order valence-electron chi connectivity index (χ3n) is 5.90. The van der Waals surface area contributed by atoms with Crippen molar-refractivity contribution >= 4 is 0 Å². The molecule has 2 nitrogen and oxygen atoms in total. The van der Waals surface area contributed by atoms with Crippen LogP contribution in [0.25, 0.3) is 0 Å². The molecular formula is C18H34O2. The lowest BCUT2D eigenvalue weighted by Crippen LogP contribution is -2.46. The normalized spacial score (nSPS) is 41.9. The van der Waals surface area contributed by atoms with Crippen LogP contribution in [-0.2, 0) is 4.74 Å². The zero-order chi connectivity index (χ0) is 15.0. The molecule has 20 heavy (non-hydrogen) atoms. The molecule has 1 saturated heterocycles. The smallest absolute Gasteiger partial charge is 0.0746 e. The van der Waals surface area contributed by atoms with Gasteiger partial charge < -0.3 is 9.84 Å². The molecule has 0 amide bonds. The summed E-state index contributed by atoms with van der Waals surface area (Å²) in [7, 11) is 0. The molecule has 0 aromatic heterocycles. The van der Waals surface area contributed by atoms with E-state index in [-0.39, 0.29) is 17.3 Å². The van der Waals surface area contributed by atoms with E-state index < -0.39 is 0 Å². The second-order valence-corrected chi connectivity index (χ2v) is 8.18. The Labute approximate surface area is 125 Å². The second-order valence-electron chi connectivity index (χ2n) is 8.18. The maximum absolute atomic E-state index is 9.85. The van der Waals surface area contributed by atoms with Crippen molar-refractivity contribution in [1.82, 2.24) is 0 Å². The van der Waals surface area contributed by atoms with Crippen molar-refractivity contribution in [3.8, 4) is 0 Å². The Morgan fingerprint density at radius 1 is 1.05 bits per heavy atom. The summed E-state index contributed by atoms with van der Waals surface area (Å²) in [4.78, 5) is 0. The monoisotopic (exact) mass is 282 g/mol. The van der Waals surface area contributed by atoms with Crippen LogP contribution in [0.1, 0.15) is 79.6 Å². The highest BCUT2D eigenvalue weighted by molar-refractivity contribution is 5.08. The van der Waals surface area contributed by atoms with Crippen molar-refractivity contribution < 1.29 is 9.84 Å². The van der Waals surface area contributed by atoms with Crippen molar-refractivity contribution in [3.05, 3.63) is 0 Å². The number of ether oxygens (including phenoxy) is 1. The fourth-order valence-corrected chi connectivity index (χ4v) is 4.27. The highest BCUT2D eigenvalue weighted by Gasteiger charge is 2.58. The van der Waals surface area contributed by atoms with Crippen molar-refractivity contribution in [2.75, 3.05) is 0 Å². The van der Waals surface area contributed by atoms with Crippen molar-refractivity contribution in [1.29, 1.82) is 0 Å². The van der Waals surface area contributed by atoms with E-state index >= 15 is 0 Å². The van der Waals surface area contributed by atoms with Gasteiger partial charge in [-0.25, -0.2) is 0 Å². The molecule has 2 heteroatoms. The molecule has 3 rings (SSSR count). The fourth-order valence-electron chi connectivity index (χ4n) is 4.27. The molecule has 3 fully saturated rings. The lowest BCUT2D eigenvalue weighted by molar-refractivity contribution is -0.149. The summed E-state index contributed by atoms with van der Waals surface area (Å²) in [5.74, 6) is 2.33. The molecule has 118 valence electrons. The molecule has 0 aromatic rings. The van der Waals surface area contributed by atoms with Crippen molar-refractivity contribution in [3.63, 3.8) is 0 Å². The highest BCUT2D eigenvalue weighted by Crippen LogP contribution is 2.58. The number of rotatable bonds is 1. The number of aliphatic hydroxyl groups excluding tert-OH is 1. The first-order chi connectivity index (χ1) is 9.29. The zero-order valence-corrected chi connectivity index (χ0v) is 14.1. The van der Waals surface area contributed by atoms with Crippen LogP contribution >= 0.6 is 0 Å². The van der Waals surface area contributed by atoms with Crippen LogP contribution in [0.4, 0.5) is 0 Å². The topological polar surface area (TPSA) is 29.5 Å². The van der Waals surface area contributed by atoms with E-state index in [1.807, 2.05) is 0 Å². The minimum absolute atomic E-state index is 0.0457. The molecule has 2 bridgehead atoms. The number of hydrogen-bond acceptors (Lipinski definition) is 2. The van der Waals surface area contributed by atoms with Crippen LogP contribution in [0.3, 0.4) is 0 Å². The lowest BCUT2D eigenvalue weighted by Gasteiger charge is -2.45. The Balaban J connectivity index is 0.000000257. The lowest BCUT2D eigenvalue weighted by atomic mass is 9.64. The molecule has 1 spiro atoms. The van der Waals surface area contributed by atoms with E-state index in [4.69, 9.17) is 4.74 Å². The average molecular weight is 282 g/mol. The first-order valence-corrected chi connectivity index (χ1v) is 8.67. The van der Waals surface area contributed by atoms with Gasteiger partial charge in [0, 0.05) is 6.42 Å². The summed E-state index contributed by atoms with van der Waals surface area (Å²) in [6.45, 7) is 11.1. The summed E-state index contributed by atoms with van der Waals surface area (Å²) in [6.07, 6.45) is 8.08. The molecule has 1 N–H and O–H groups in total. The maximum atomic E-state index is 9.85. The Bertz CT molecular complexity index is 323. The number of fused-ring (bicyclic) bond motifs is 1. The van der Waals surface area contributed by atoms with Crippen LogP contribution in [0, 0.1) is 17.8 Å². The highest BCUT2D eigenvalue weighted by atomic mass is 16.5. The predicted molar refractivity (Wildman–Crippen MR) is 83.7 cm³/mol. The number of hydrogen-bond donors (Lipinski definition) is 1. The molecule has 0 radical (unpaired) electrons. The SMILES string of the molecule is CC1(C)OC23CC(O)CCC2CCC1C3.CCC(C)C. The molecule has 0 aromatic carbocycles. The van der Waals surface area contributed by atoms with Gasteiger partial charge in [0.1, 0.15) is 0 Å². The van der Waals surface area contributed by atoms with Gasteiger partial charge in [-0.15, -0.1) is 0 Å². The average Bonchev–Trinajstić information content (AvgIpc) is 2.55. The fraction of sp³-hybridized carbons (Fsp3) is 1.00. The van der Waals surface area contributed by atoms with E-state index in [0.717, 1.165) is 30.6 Å².